The first-order valence-electron chi connectivity index (χ1n) is 9.71. The first kappa shape index (κ1) is 19.7. The average molecular weight is 435 g/mol. The minimum atomic E-state index is -0.616. The number of anilines is 1. The van der Waals surface area contributed by atoms with Gasteiger partial charge in [-0.05, 0) is 24.3 Å². The smallest absolute Gasteiger partial charge is 0.320 e. The molecule has 1 aliphatic heterocycles. The van der Waals surface area contributed by atoms with Crippen molar-refractivity contribution in [3.8, 4) is 23.3 Å². The molecule has 10 heteroatoms. The largest absolute Gasteiger partial charge is 0.490 e. The van der Waals surface area contributed by atoms with E-state index in [4.69, 9.17) is 14.7 Å². The van der Waals surface area contributed by atoms with Gasteiger partial charge in [0, 0.05) is 41.9 Å². The van der Waals surface area contributed by atoms with Gasteiger partial charge >= 0.3 is 6.03 Å². The van der Waals surface area contributed by atoms with Gasteiger partial charge in [0.15, 0.2) is 11.6 Å². The van der Waals surface area contributed by atoms with E-state index in [1.807, 2.05) is 6.07 Å². The number of aromatic nitrogens is 2. The molecule has 3 atom stereocenters. The van der Waals surface area contributed by atoms with E-state index in [0.29, 0.717) is 11.5 Å². The number of pyridine rings is 2. The van der Waals surface area contributed by atoms with Crippen molar-refractivity contribution < 1.29 is 23.0 Å². The van der Waals surface area contributed by atoms with Crippen LogP contribution in [0.15, 0.2) is 48.9 Å². The molecule has 1 fully saturated rings. The molecule has 32 heavy (non-hydrogen) atoms. The Morgan fingerprint density at radius 2 is 2.03 bits per heavy atom. The molecule has 2 amide bonds. The average Bonchev–Trinajstić information content (AvgIpc) is 3.50. The van der Waals surface area contributed by atoms with Crippen molar-refractivity contribution in [1.29, 1.82) is 5.26 Å². The third-order valence-electron chi connectivity index (χ3n) is 5.42. The molecule has 8 nitrogen and oxygen atoms in total. The normalized spacial score (nSPS) is 20.1. The second-order valence-electron chi connectivity index (χ2n) is 7.36. The highest BCUT2D eigenvalue weighted by Crippen LogP contribution is 2.55. The Morgan fingerprint density at radius 1 is 1.19 bits per heavy atom. The molecule has 2 aromatic heterocycles. The molecule has 0 spiro atoms. The number of urea groups is 1. The Labute approximate surface area is 180 Å². The number of rotatable bonds is 4. The van der Waals surface area contributed by atoms with Crippen molar-refractivity contribution in [2.75, 3.05) is 11.9 Å². The molecule has 1 aliphatic carbocycles. The molecule has 1 aromatic carbocycles. The molecule has 160 valence electrons. The minimum Gasteiger partial charge on any atom is -0.490 e. The van der Waals surface area contributed by atoms with E-state index in [2.05, 4.69) is 20.6 Å². The molecule has 0 bridgehead atoms. The summed E-state index contributed by atoms with van der Waals surface area (Å²) >= 11 is 0. The molecule has 1 saturated carbocycles. The Bertz CT molecular complexity index is 1250. The van der Waals surface area contributed by atoms with Crippen LogP contribution >= 0.6 is 0 Å². The summed E-state index contributed by atoms with van der Waals surface area (Å²) in [6.45, 7) is 0.201. The number of carbonyl (C=O) groups excluding carboxylic acids is 1. The molecule has 3 aromatic rings. The first-order chi connectivity index (χ1) is 15.5. The van der Waals surface area contributed by atoms with Crippen LogP contribution in [0.1, 0.15) is 17.0 Å². The van der Waals surface area contributed by atoms with E-state index in [-0.39, 0.29) is 47.2 Å². The Balaban J connectivity index is 1.21. The number of amides is 2. The molecular weight excluding hydrogens is 420 g/mol. The van der Waals surface area contributed by atoms with Gasteiger partial charge in [0.05, 0.1) is 12.8 Å². The van der Waals surface area contributed by atoms with Crippen LogP contribution in [0.25, 0.3) is 0 Å². The van der Waals surface area contributed by atoms with Crippen LogP contribution in [0.5, 0.6) is 17.2 Å². The van der Waals surface area contributed by atoms with E-state index in [1.165, 1.54) is 24.7 Å². The summed E-state index contributed by atoms with van der Waals surface area (Å²) < 4.78 is 39.1. The van der Waals surface area contributed by atoms with E-state index < -0.39 is 17.7 Å². The number of fused-ring (bicyclic) bond motifs is 3. The summed E-state index contributed by atoms with van der Waals surface area (Å²) in [5.74, 6) is -0.725. The Morgan fingerprint density at radius 3 is 2.81 bits per heavy atom. The summed E-state index contributed by atoms with van der Waals surface area (Å²) in [5, 5.41) is 14.5. The van der Waals surface area contributed by atoms with Gasteiger partial charge in [-0.15, -0.1) is 0 Å². The predicted octanol–water partition coefficient (Wildman–Crippen LogP) is 3.71. The number of nitriles is 1. The Hall–Kier alpha value is -4.26. The number of nitrogens with zero attached hydrogens (tertiary/aromatic N) is 3. The number of halogens is 2. The molecule has 1 unspecified atom stereocenters. The number of benzene rings is 1. The van der Waals surface area contributed by atoms with E-state index in [1.54, 1.807) is 12.1 Å². The number of hydrogen-bond donors (Lipinski definition) is 2. The summed E-state index contributed by atoms with van der Waals surface area (Å²) in [6, 6.07) is 7.87. The lowest BCUT2D eigenvalue weighted by molar-refractivity contribution is 0.247. The quantitative estimate of drug-likeness (QED) is 0.647. The van der Waals surface area contributed by atoms with Gasteiger partial charge in [0.2, 0.25) is 0 Å². The van der Waals surface area contributed by atoms with Crippen molar-refractivity contribution in [1.82, 2.24) is 15.3 Å². The zero-order chi connectivity index (χ0) is 22.2. The van der Waals surface area contributed by atoms with Crippen LogP contribution < -0.4 is 20.1 Å². The van der Waals surface area contributed by atoms with Crippen molar-refractivity contribution in [2.24, 2.45) is 5.92 Å². The van der Waals surface area contributed by atoms with Crippen molar-refractivity contribution in [2.45, 2.75) is 12.0 Å². The molecular formula is C22H15F2N5O3. The number of ether oxygens (including phenoxy) is 2. The topological polar surface area (TPSA) is 109 Å². The van der Waals surface area contributed by atoms with Crippen LogP contribution in [0.2, 0.25) is 0 Å². The minimum absolute atomic E-state index is 0.0815. The number of carbonyl (C=O) groups is 1. The molecule has 2 aliphatic rings. The van der Waals surface area contributed by atoms with Crippen LogP contribution in [-0.4, -0.2) is 28.6 Å². The number of hydrogen-bond acceptors (Lipinski definition) is 6. The van der Waals surface area contributed by atoms with Gasteiger partial charge in [-0.25, -0.2) is 18.6 Å². The lowest BCUT2D eigenvalue weighted by Gasteiger charge is -2.16. The highest BCUT2D eigenvalue weighted by molar-refractivity contribution is 5.89. The second kappa shape index (κ2) is 7.77. The monoisotopic (exact) mass is 435 g/mol. The fourth-order valence-corrected chi connectivity index (χ4v) is 3.86. The lowest BCUT2D eigenvalue weighted by atomic mass is 10.0. The van der Waals surface area contributed by atoms with E-state index in [9.17, 15) is 13.6 Å². The number of nitrogens with one attached hydrogen (secondary N) is 2. The van der Waals surface area contributed by atoms with Crippen molar-refractivity contribution in [3.05, 3.63) is 71.7 Å². The van der Waals surface area contributed by atoms with Gasteiger partial charge < -0.3 is 14.8 Å². The fourth-order valence-electron chi connectivity index (χ4n) is 3.86. The molecule has 2 N–H and O–H groups in total. The fraction of sp³-hybridized carbons (Fsp3) is 0.182. The Kier molecular flexibility index (Phi) is 4.78. The second-order valence-corrected chi connectivity index (χ2v) is 7.36. The summed E-state index contributed by atoms with van der Waals surface area (Å²) in [5.41, 5.74) is 0.445. The van der Waals surface area contributed by atoms with Gasteiger partial charge in [-0.2, -0.15) is 5.26 Å². The molecule has 0 radical (unpaired) electrons. The van der Waals surface area contributed by atoms with Gasteiger partial charge in [0.1, 0.15) is 34.8 Å². The van der Waals surface area contributed by atoms with Crippen LogP contribution in [-0.2, 0) is 0 Å². The first-order valence-corrected chi connectivity index (χ1v) is 9.71. The summed E-state index contributed by atoms with van der Waals surface area (Å²) in [7, 11) is 0. The zero-order valence-electron chi connectivity index (χ0n) is 16.4. The summed E-state index contributed by atoms with van der Waals surface area (Å²) in [4.78, 5) is 20.4. The van der Waals surface area contributed by atoms with Crippen LogP contribution in [0.4, 0.5) is 19.4 Å². The van der Waals surface area contributed by atoms with Gasteiger partial charge in [-0.3, -0.25) is 10.3 Å². The highest BCUT2D eigenvalue weighted by atomic mass is 19.1. The maximum Gasteiger partial charge on any atom is 0.320 e. The SMILES string of the molecule is N#Cc1cnccc1Oc1ccc(NC(=O)NC2[C@H]3COc4c(F)ccc(F)c4[C@@H]23)nc1. The third-order valence-corrected chi connectivity index (χ3v) is 5.42. The van der Waals surface area contributed by atoms with Gasteiger partial charge in [-0.1, -0.05) is 0 Å². The standard InChI is InChI=1S/C22H15F2N5O3/c23-14-2-3-15(24)21-19(14)18-13(10-31-21)20(18)29-22(30)28-17-4-1-12(9-27-17)32-16-5-6-26-8-11(16)7-25/h1-6,8-9,13,18,20H,10H2,(H2,27,28,29,30)/t13-,18-,20?/m0/s1. The predicted molar refractivity (Wildman–Crippen MR) is 107 cm³/mol. The lowest BCUT2D eigenvalue weighted by Crippen LogP contribution is -2.32. The van der Waals surface area contributed by atoms with E-state index >= 15 is 0 Å². The molecule has 5 rings (SSSR count). The van der Waals surface area contributed by atoms with Gasteiger partial charge in [0.25, 0.3) is 0 Å². The van der Waals surface area contributed by atoms with E-state index in [0.717, 1.165) is 12.1 Å². The van der Waals surface area contributed by atoms with Crippen LogP contribution in [0.3, 0.4) is 0 Å². The maximum atomic E-state index is 14.2. The van der Waals surface area contributed by atoms with Crippen LogP contribution in [0, 0.1) is 28.9 Å². The summed E-state index contributed by atoms with van der Waals surface area (Å²) in [6.07, 6.45) is 4.29. The third kappa shape index (κ3) is 3.54. The van der Waals surface area contributed by atoms with Crippen molar-refractivity contribution in [3.63, 3.8) is 0 Å². The zero-order valence-corrected chi connectivity index (χ0v) is 16.4. The van der Waals surface area contributed by atoms with Crippen molar-refractivity contribution >= 4 is 11.8 Å². The molecule has 0 saturated heterocycles. The maximum absolute atomic E-state index is 14.2. The molecule has 3 heterocycles. The highest BCUT2D eigenvalue weighted by Gasteiger charge is 2.57.